The highest BCUT2D eigenvalue weighted by atomic mass is 15.3. The van der Waals surface area contributed by atoms with Crippen molar-refractivity contribution in [2.75, 3.05) is 13.1 Å². The van der Waals surface area contributed by atoms with Crippen molar-refractivity contribution < 1.29 is 4.48 Å². The van der Waals surface area contributed by atoms with Crippen LogP contribution in [0.2, 0.25) is 0 Å². The number of nitrogens with zero attached hydrogens (tertiary/aromatic N) is 1. The molecule has 0 fully saturated rings. The lowest BCUT2D eigenvalue weighted by molar-refractivity contribution is -0.954. The molecule has 0 amide bonds. The van der Waals surface area contributed by atoms with E-state index in [-0.39, 0.29) is 0 Å². The summed E-state index contributed by atoms with van der Waals surface area (Å²) < 4.78 is 1.22. The second kappa shape index (κ2) is 33.7. The van der Waals surface area contributed by atoms with Crippen LogP contribution in [0.15, 0.2) is 85.0 Å². The fourth-order valence-electron chi connectivity index (χ4n) is 7.83. The summed E-state index contributed by atoms with van der Waals surface area (Å²) in [5, 5.41) is 0. The smallest absolute Gasteiger partial charge is 0.105 e. The van der Waals surface area contributed by atoms with Crippen LogP contribution in [0.3, 0.4) is 0 Å². The van der Waals surface area contributed by atoms with Gasteiger partial charge in [0.1, 0.15) is 13.1 Å². The average molecular weight is 699 g/mol. The first-order valence-corrected chi connectivity index (χ1v) is 22.5. The molecule has 2 aromatic carbocycles. The van der Waals surface area contributed by atoms with Gasteiger partial charge in [0.15, 0.2) is 0 Å². The van der Waals surface area contributed by atoms with Crippen molar-refractivity contribution >= 4 is 0 Å². The molecule has 0 N–H and O–H groups in total. The van der Waals surface area contributed by atoms with Gasteiger partial charge in [0, 0.05) is 11.1 Å². The minimum absolute atomic E-state index is 1.17. The van der Waals surface area contributed by atoms with E-state index in [9.17, 15) is 0 Å². The van der Waals surface area contributed by atoms with Crippen LogP contribution in [0.5, 0.6) is 0 Å². The summed E-state index contributed by atoms with van der Waals surface area (Å²) in [6.45, 7) is 9.48. The Morgan fingerprint density at radius 2 is 0.608 bits per heavy atom. The van der Waals surface area contributed by atoms with Crippen LogP contribution in [0.25, 0.3) is 0 Å². The molecule has 2 aromatic rings. The van der Waals surface area contributed by atoms with Crippen LogP contribution >= 0.6 is 0 Å². The second-order valence-corrected chi connectivity index (χ2v) is 16.0. The molecule has 0 aromatic heterocycles. The Labute approximate surface area is 319 Å². The van der Waals surface area contributed by atoms with Crippen molar-refractivity contribution in [3.05, 3.63) is 96.1 Å². The molecular formula is C50H84N+. The van der Waals surface area contributed by atoms with Gasteiger partial charge >= 0.3 is 0 Å². The molecule has 0 bridgehead atoms. The molecule has 288 valence electrons. The van der Waals surface area contributed by atoms with E-state index < -0.39 is 0 Å². The standard InChI is InChI=1S/C50H84N/c1-3-5-7-9-11-13-15-17-19-21-23-25-27-29-31-39-45-51(47-49-41-35-33-36-42-49,48-50-43-37-34-38-44-50)46-40-32-30-28-26-24-22-20-18-16-14-12-10-8-6-4-2/h7-10,33-38,41-44H,3-6,11-32,39-40,45-48H2,1-2H3/q+1/b9-7+,10-8+. The highest BCUT2D eigenvalue weighted by Gasteiger charge is 2.27. The molecule has 0 aliphatic heterocycles. The maximum Gasteiger partial charge on any atom is 0.105 e. The summed E-state index contributed by atoms with van der Waals surface area (Å²) in [5.74, 6) is 0. The number of hydrogen-bond donors (Lipinski definition) is 0. The maximum absolute atomic E-state index is 2.40. The van der Waals surface area contributed by atoms with E-state index in [1.54, 1.807) is 0 Å². The van der Waals surface area contributed by atoms with Crippen molar-refractivity contribution in [1.82, 2.24) is 0 Å². The summed E-state index contributed by atoms with van der Waals surface area (Å²) in [4.78, 5) is 0. The summed E-state index contributed by atoms with van der Waals surface area (Å²) in [6, 6.07) is 22.8. The van der Waals surface area contributed by atoms with E-state index in [2.05, 4.69) is 98.8 Å². The van der Waals surface area contributed by atoms with Gasteiger partial charge in [0.05, 0.1) is 13.1 Å². The van der Waals surface area contributed by atoms with Crippen molar-refractivity contribution in [2.24, 2.45) is 0 Å². The van der Waals surface area contributed by atoms with Crippen molar-refractivity contribution in [2.45, 2.75) is 207 Å². The van der Waals surface area contributed by atoms with Gasteiger partial charge in [0.25, 0.3) is 0 Å². The molecule has 0 saturated heterocycles. The van der Waals surface area contributed by atoms with Crippen LogP contribution < -0.4 is 0 Å². The summed E-state index contributed by atoms with van der Waals surface area (Å²) in [6.07, 6.45) is 48.3. The van der Waals surface area contributed by atoms with E-state index in [1.165, 1.54) is 222 Å². The van der Waals surface area contributed by atoms with Gasteiger partial charge in [-0.05, 0) is 64.2 Å². The molecule has 0 atom stereocenters. The molecule has 0 unspecified atom stereocenters. The number of quaternary nitrogens is 1. The monoisotopic (exact) mass is 699 g/mol. The Morgan fingerprint density at radius 1 is 0.333 bits per heavy atom. The van der Waals surface area contributed by atoms with E-state index in [4.69, 9.17) is 0 Å². The van der Waals surface area contributed by atoms with Crippen molar-refractivity contribution in [1.29, 1.82) is 0 Å². The molecular weight excluding hydrogens is 615 g/mol. The summed E-state index contributed by atoms with van der Waals surface area (Å²) in [7, 11) is 0. The van der Waals surface area contributed by atoms with Crippen molar-refractivity contribution in [3.63, 3.8) is 0 Å². The third-order valence-electron chi connectivity index (χ3n) is 11.0. The number of allylic oxidation sites excluding steroid dienone is 4. The molecule has 0 spiro atoms. The number of benzene rings is 2. The summed E-state index contributed by atoms with van der Waals surface area (Å²) in [5.41, 5.74) is 3.02. The van der Waals surface area contributed by atoms with Crippen LogP contribution in [-0.4, -0.2) is 17.6 Å². The van der Waals surface area contributed by atoms with Gasteiger partial charge in [-0.15, -0.1) is 0 Å². The van der Waals surface area contributed by atoms with Crippen LogP contribution in [-0.2, 0) is 13.1 Å². The van der Waals surface area contributed by atoms with Crippen LogP contribution in [0.1, 0.15) is 205 Å². The Balaban J connectivity index is 1.69. The zero-order valence-electron chi connectivity index (χ0n) is 34.2. The highest BCUT2D eigenvalue weighted by Crippen LogP contribution is 2.24. The molecule has 0 aliphatic rings. The van der Waals surface area contributed by atoms with Gasteiger partial charge in [-0.3, -0.25) is 0 Å². The third kappa shape index (κ3) is 26.3. The minimum atomic E-state index is 1.17. The van der Waals surface area contributed by atoms with Gasteiger partial charge in [-0.1, -0.05) is 214 Å². The van der Waals surface area contributed by atoms with E-state index in [0.29, 0.717) is 0 Å². The first kappa shape index (κ1) is 45.0. The zero-order valence-corrected chi connectivity index (χ0v) is 34.2. The number of unbranched alkanes of at least 4 members (excludes halogenated alkanes) is 24. The van der Waals surface area contributed by atoms with Crippen LogP contribution in [0.4, 0.5) is 0 Å². The maximum atomic E-state index is 2.40. The number of rotatable bonds is 36. The third-order valence-corrected chi connectivity index (χ3v) is 11.0. The highest BCUT2D eigenvalue weighted by molar-refractivity contribution is 5.15. The normalized spacial score (nSPS) is 12.1. The fourth-order valence-corrected chi connectivity index (χ4v) is 7.83. The molecule has 0 heterocycles. The molecule has 1 heteroatoms. The van der Waals surface area contributed by atoms with Gasteiger partial charge in [-0.2, -0.15) is 0 Å². The molecule has 0 radical (unpaired) electrons. The first-order valence-electron chi connectivity index (χ1n) is 22.5. The van der Waals surface area contributed by atoms with Gasteiger partial charge < -0.3 is 4.48 Å². The molecule has 0 aliphatic carbocycles. The second-order valence-electron chi connectivity index (χ2n) is 16.0. The SMILES string of the molecule is CCC/C=C/CCCCCCCCCCCCC[N+](CCCCCCCCCCCCC/C=C/CCC)(Cc1ccccc1)Cc1ccccc1. The molecule has 2 rings (SSSR count). The average Bonchev–Trinajstić information content (AvgIpc) is 3.15. The van der Waals surface area contributed by atoms with E-state index in [0.717, 1.165) is 0 Å². The largest absolute Gasteiger partial charge is 0.316 e. The quantitative estimate of drug-likeness (QED) is 0.0377. The Morgan fingerprint density at radius 3 is 0.922 bits per heavy atom. The Hall–Kier alpha value is -2.12. The predicted molar refractivity (Wildman–Crippen MR) is 229 cm³/mol. The van der Waals surface area contributed by atoms with Crippen LogP contribution in [0, 0.1) is 0 Å². The lowest BCUT2D eigenvalue weighted by atomic mass is 10.0. The van der Waals surface area contributed by atoms with E-state index >= 15 is 0 Å². The van der Waals surface area contributed by atoms with Gasteiger partial charge in [-0.25, -0.2) is 0 Å². The van der Waals surface area contributed by atoms with Gasteiger partial charge in [0.2, 0.25) is 0 Å². The predicted octanol–water partition coefficient (Wildman–Crippen LogP) is 16.3. The number of hydrogen-bond acceptors (Lipinski definition) is 0. The summed E-state index contributed by atoms with van der Waals surface area (Å²) >= 11 is 0. The van der Waals surface area contributed by atoms with Crippen molar-refractivity contribution in [3.8, 4) is 0 Å². The lowest BCUT2D eigenvalue weighted by Crippen LogP contribution is -2.48. The Bertz CT molecular complexity index is 952. The fraction of sp³-hybridized carbons (Fsp3) is 0.680. The molecule has 51 heavy (non-hydrogen) atoms. The zero-order chi connectivity index (χ0) is 36.2. The Kier molecular flexibility index (Phi) is 29.8. The molecule has 0 saturated carbocycles. The van der Waals surface area contributed by atoms with E-state index in [1.807, 2.05) is 0 Å². The topological polar surface area (TPSA) is 0 Å². The molecule has 1 nitrogen and oxygen atoms in total. The minimum Gasteiger partial charge on any atom is -0.316 e. The lowest BCUT2D eigenvalue weighted by Gasteiger charge is -2.39. The first-order chi connectivity index (χ1) is 25.3.